The van der Waals surface area contributed by atoms with Gasteiger partial charge in [-0.1, -0.05) is 11.8 Å². The van der Waals surface area contributed by atoms with Crippen LogP contribution in [0.5, 0.6) is 11.5 Å². The van der Waals surface area contributed by atoms with Gasteiger partial charge in [0.1, 0.15) is 22.7 Å². The molecule has 4 aromatic rings. The van der Waals surface area contributed by atoms with Crippen LogP contribution in [0.4, 0.5) is 5.69 Å². The fourth-order valence-corrected chi connectivity index (χ4v) is 4.64. The number of ether oxygens (including phenoxy) is 2. The number of carbonyl (C=O) groups is 1. The molecule has 0 atom stereocenters. The van der Waals surface area contributed by atoms with Gasteiger partial charge in [0.15, 0.2) is 10.8 Å². The van der Waals surface area contributed by atoms with E-state index in [2.05, 4.69) is 34.3 Å². The topological polar surface area (TPSA) is 90.6 Å². The van der Waals surface area contributed by atoms with E-state index in [1.54, 1.807) is 50.1 Å². The van der Waals surface area contributed by atoms with E-state index in [4.69, 9.17) is 9.47 Å². The predicted octanol–water partition coefficient (Wildman–Crippen LogP) is 3.70. The first-order chi connectivity index (χ1) is 14.0. The molecule has 3 heterocycles. The summed E-state index contributed by atoms with van der Waals surface area (Å²) in [5.41, 5.74) is 2.51. The highest BCUT2D eigenvalue weighted by molar-refractivity contribution is 7.99. The predicted molar refractivity (Wildman–Crippen MR) is 115 cm³/mol. The molecule has 1 N–H and O–H groups in total. The third kappa shape index (κ3) is 3.60. The number of fused-ring (bicyclic) bond motifs is 3. The van der Waals surface area contributed by atoms with E-state index in [-0.39, 0.29) is 11.7 Å². The summed E-state index contributed by atoms with van der Waals surface area (Å²) < 4.78 is 12.3. The number of benzene rings is 1. The first-order valence-electron chi connectivity index (χ1n) is 8.76. The number of aryl methyl sites for hydroxylation is 2. The molecule has 0 aliphatic heterocycles. The quantitative estimate of drug-likeness (QED) is 0.467. The maximum Gasteiger partial charge on any atom is 0.234 e. The van der Waals surface area contributed by atoms with Crippen LogP contribution in [0.3, 0.4) is 0 Å². The second-order valence-corrected chi connectivity index (χ2v) is 8.43. The normalized spacial score (nSPS) is 11.2. The van der Waals surface area contributed by atoms with Crippen molar-refractivity contribution < 1.29 is 14.3 Å². The summed E-state index contributed by atoms with van der Waals surface area (Å²) in [7, 11) is 3.12. The van der Waals surface area contributed by atoms with Crippen molar-refractivity contribution in [3.63, 3.8) is 0 Å². The number of hydrogen-bond donors (Lipinski definition) is 1. The van der Waals surface area contributed by atoms with Gasteiger partial charge < -0.3 is 14.8 Å². The zero-order chi connectivity index (χ0) is 20.5. The summed E-state index contributed by atoms with van der Waals surface area (Å²) in [6.45, 7) is 4.13. The molecule has 0 spiro atoms. The molecule has 4 rings (SSSR count). The molecule has 0 bridgehead atoms. The second kappa shape index (κ2) is 7.88. The highest BCUT2D eigenvalue weighted by atomic mass is 32.2. The highest BCUT2D eigenvalue weighted by Gasteiger charge is 2.16. The molecule has 29 heavy (non-hydrogen) atoms. The number of hydrogen-bond acceptors (Lipinski definition) is 8. The van der Waals surface area contributed by atoms with Crippen LogP contribution in [-0.4, -0.2) is 45.5 Å². The van der Waals surface area contributed by atoms with Gasteiger partial charge in [-0.25, -0.2) is 4.98 Å². The van der Waals surface area contributed by atoms with Gasteiger partial charge in [-0.2, -0.15) is 0 Å². The Balaban J connectivity index is 1.51. The third-order valence-corrected chi connectivity index (χ3v) is 6.62. The Kier molecular flexibility index (Phi) is 5.29. The van der Waals surface area contributed by atoms with E-state index >= 15 is 0 Å². The molecular formula is C19H19N5O3S2. The van der Waals surface area contributed by atoms with Gasteiger partial charge in [-0.15, -0.1) is 21.5 Å². The van der Waals surface area contributed by atoms with Crippen molar-refractivity contribution in [1.29, 1.82) is 0 Å². The van der Waals surface area contributed by atoms with Gasteiger partial charge in [0.2, 0.25) is 5.91 Å². The molecule has 8 nitrogen and oxygen atoms in total. The molecular weight excluding hydrogens is 410 g/mol. The van der Waals surface area contributed by atoms with Crippen molar-refractivity contribution in [3.05, 3.63) is 35.0 Å². The molecule has 10 heteroatoms. The maximum absolute atomic E-state index is 12.4. The molecule has 0 unspecified atom stereocenters. The lowest BCUT2D eigenvalue weighted by Crippen LogP contribution is -2.15. The Morgan fingerprint density at radius 1 is 1.24 bits per heavy atom. The Labute approximate surface area is 175 Å². The van der Waals surface area contributed by atoms with Gasteiger partial charge in [-0.3, -0.25) is 9.20 Å². The third-order valence-electron chi connectivity index (χ3n) is 4.56. The smallest absolute Gasteiger partial charge is 0.234 e. The number of amides is 1. The van der Waals surface area contributed by atoms with Crippen LogP contribution in [0.2, 0.25) is 0 Å². The maximum atomic E-state index is 12.4. The van der Waals surface area contributed by atoms with Crippen molar-refractivity contribution in [1.82, 2.24) is 19.6 Å². The number of nitrogens with zero attached hydrogens (tertiary/aromatic N) is 4. The van der Waals surface area contributed by atoms with Crippen molar-refractivity contribution >= 4 is 50.6 Å². The zero-order valence-electron chi connectivity index (χ0n) is 16.3. The SMILES string of the molecule is COc1ccc(NC(=O)CSc2nnc3c4c(C)c(C)sc4ncn23)c(OC)c1. The van der Waals surface area contributed by atoms with E-state index in [0.717, 1.165) is 21.4 Å². The van der Waals surface area contributed by atoms with Gasteiger partial charge >= 0.3 is 0 Å². The lowest BCUT2D eigenvalue weighted by atomic mass is 10.2. The summed E-state index contributed by atoms with van der Waals surface area (Å²) in [6.07, 6.45) is 1.71. The number of anilines is 1. The van der Waals surface area contributed by atoms with E-state index in [1.165, 1.54) is 16.6 Å². The number of thiophene rings is 1. The molecule has 0 saturated heterocycles. The van der Waals surface area contributed by atoms with E-state index in [9.17, 15) is 4.79 Å². The van der Waals surface area contributed by atoms with Crippen molar-refractivity contribution in [2.45, 2.75) is 19.0 Å². The Bertz CT molecular complexity index is 1220. The fraction of sp³-hybridized carbons (Fsp3) is 0.263. The molecule has 150 valence electrons. The molecule has 3 aromatic heterocycles. The van der Waals surface area contributed by atoms with Crippen LogP contribution >= 0.6 is 23.1 Å². The standard InChI is InChI=1S/C19H19N5O3S2/c1-10-11(2)29-18-16(10)17-22-23-19(24(17)9-20-18)28-8-15(25)21-13-6-5-12(26-3)7-14(13)27-4/h5-7,9H,8H2,1-4H3,(H,21,25). The number of aromatic nitrogens is 4. The van der Waals surface area contributed by atoms with Crippen LogP contribution in [0.15, 0.2) is 29.7 Å². The Morgan fingerprint density at radius 3 is 2.83 bits per heavy atom. The van der Waals surface area contributed by atoms with Crippen molar-refractivity contribution in [2.75, 3.05) is 25.3 Å². The summed E-state index contributed by atoms with van der Waals surface area (Å²) in [5, 5.41) is 13.1. The second-order valence-electron chi connectivity index (χ2n) is 6.29. The molecule has 0 aliphatic carbocycles. The minimum absolute atomic E-state index is 0.174. The van der Waals surface area contributed by atoms with Gasteiger partial charge in [0.05, 0.1) is 31.0 Å². The van der Waals surface area contributed by atoms with Crippen LogP contribution < -0.4 is 14.8 Å². The summed E-state index contributed by atoms with van der Waals surface area (Å²) in [4.78, 5) is 19.1. The number of methoxy groups -OCH3 is 2. The highest BCUT2D eigenvalue weighted by Crippen LogP contribution is 2.32. The van der Waals surface area contributed by atoms with Gasteiger partial charge in [0, 0.05) is 10.9 Å². The lowest BCUT2D eigenvalue weighted by Gasteiger charge is -2.11. The molecule has 0 fully saturated rings. The van der Waals surface area contributed by atoms with Crippen LogP contribution in [0, 0.1) is 13.8 Å². The largest absolute Gasteiger partial charge is 0.497 e. The summed E-state index contributed by atoms with van der Waals surface area (Å²) in [6, 6.07) is 5.23. The molecule has 1 aromatic carbocycles. The van der Waals surface area contributed by atoms with E-state index in [0.29, 0.717) is 22.3 Å². The zero-order valence-corrected chi connectivity index (χ0v) is 18.0. The minimum atomic E-state index is -0.174. The number of thioether (sulfide) groups is 1. The Morgan fingerprint density at radius 2 is 2.07 bits per heavy atom. The van der Waals surface area contributed by atoms with Crippen molar-refractivity contribution in [3.8, 4) is 11.5 Å². The number of nitrogens with one attached hydrogen (secondary N) is 1. The molecule has 0 saturated carbocycles. The van der Waals surface area contributed by atoms with Gasteiger partial charge in [0.25, 0.3) is 0 Å². The monoisotopic (exact) mass is 429 g/mol. The van der Waals surface area contributed by atoms with Crippen LogP contribution in [-0.2, 0) is 4.79 Å². The first kappa shape index (κ1) is 19.5. The van der Waals surface area contributed by atoms with Gasteiger partial charge in [-0.05, 0) is 31.5 Å². The minimum Gasteiger partial charge on any atom is -0.497 e. The van der Waals surface area contributed by atoms with Crippen molar-refractivity contribution in [2.24, 2.45) is 0 Å². The average Bonchev–Trinajstić information content (AvgIpc) is 3.27. The number of rotatable bonds is 6. The number of carbonyl (C=O) groups excluding carboxylic acids is 1. The molecule has 0 radical (unpaired) electrons. The van der Waals surface area contributed by atoms with E-state index in [1.807, 2.05) is 4.40 Å². The summed E-state index contributed by atoms with van der Waals surface area (Å²) in [5.74, 6) is 1.19. The van der Waals surface area contributed by atoms with Crippen LogP contribution in [0.25, 0.3) is 15.9 Å². The van der Waals surface area contributed by atoms with E-state index < -0.39 is 0 Å². The summed E-state index contributed by atoms with van der Waals surface area (Å²) >= 11 is 2.95. The molecule has 0 aliphatic rings. The fourth-order valence-electron chi connectivity index (χ4n) is 2.94. The average molecular weight is 430 g/mol. The molecule has 1 amide bonds. The lowest BCUT2D eigenvalue weighted by molar-refractivity contribution is -0.113. The van der Waals surface area contributed by atoms with Crippen LogP contribution in [0.1, 0.15) is 10.4 Å². The first-order valence-corrected chi connectivity index (χ1v) is 10.6. The Hall–Kier alpha value is -2.85.